The van der Waals surface area contributed by atoms with Crippen LogP contribution in [0.25, 0.3) is 0 Å². The number of nitrogens with one attached hydrogen (secondary N) is 1. The predicted octanol–water partition coefficient (Wildman–Crippen LogP) is 1.69. The number of furan rings is 1. The van der Waals surface area contributed by atoms with E-state index >= 15 is 0 Å². The van der Waals surface area contributed by atoms with Crippen molar-refractivity contribution in [2.75, 3.05) is 7.11 Å². The predicted molar refractivity (Wildman–Crippen MR) is 69.0 cm³/mol. The average Bonchev–Trinajstić information content (AvgIpc) is 3.08. The molecule has 0 radical (unpaired) electrons. The molecule has 2 rings (SSSR count). The highest BCUT2D eigenvalue weighted by atomic mass is 16.6. The Balaban J connectivity index is 1.95. The molecule has 2 heterocycles. The highest BCUT2D eigenvalue weighted by molar-refractivity contribution is 5.91. The van der Waals surface area contributed by atoms with Crippen LogP contribution in [0, 0.1) is 0 Å². The molecule has 19 heavy (non-hydrogen) atoms. The molecule has 2 aromatic rings. The maximum Gasteiger partial charge on any atom is 0.287 e. The van der Waals surface area contributed by atoms with Gasteiger partial charge in [0.1, 0.15) is 0 Å². The molecule has 102 valence electrons. The maximum atomic E-state index is 12.0. The molecule has 0 fully saturated rings. The minimum atomic E-state index is -0.240. The van der Waals surface area contributed by atoms with Crippen molar-refractivity contribution in [2.24, 2.45) is 0 Å². The minimum Gasteiger partial charge on any atom is -0.468 e. The van der Waals surface area contributed by atoms with Crippen molar-refractivity contribution in [2.45, 2.75) is 25.9 Å². The van der Waals surface area contributed by atoms with E-state index in [9.17, 15) is 4.79 Å². The van der Waals surface area contributed by atoms with Gasteiger partial charge >= 0.3 is 0 Å². The molecular weight excluding hydrogens is 246 g/mol. The Labute approximate surface area is 111 Å². The summed E-state index contributed by atoms with van der Waals surface area (Å²) in [4.78, 5) is 16.0. The summed E-state index contributed by atoms with van der Waals surface area (Å²) in [5.74, 6) is 0.337. The quantitative estimate of drug-likeness (QED) is 0.861. The maximum absolute atomic E-state index is 12.0. The Morgan fingerprint density at radius 2 is 2.42 bits per heavy atom. The lowest BCUT2D eigenvalue weighted by Gasteiger charge is -2.16. The third-order valence-electron chi connectivity index (χ3n) is 2.82. The summed E-state index contributed by atoms with van der Waals surface area (Å²) in [5.41, 5.74) is 0. The van der Waals surface area contributed by atoms with Gasteiger partial charge < -0.3 is 19.0 Å². The number of imidazole rings is 1. The molecule has 1 N–H and O–H groups in total. The van der Waals surface area contributed by atoms with Crippen molar-refractivity contribution in [3.63, 3.8) is 0 Å². The normalized spacial score (nSPS) is 12.1. The van der Waals surface area contributed by atoms with Gasteiger partial charge in [0.2, 0.25) is 0 Å². The van der Waals surface area contributed by atoms with Crippen molar-refractivity contribution < 1.29 is 13.9 Å². The monoisotopic (exact) mass is 263 g/mol. The summed E-state index contributed by atoms with van der Waals surface area (Å²) >= 11 is 0. The van der Waals surface area contributed by atoms with E-state index < -0.39 is 0 Å². The second kappa shape index (κ2) is 6.08. The van der Waals surface area contributed by atoms with Crippen LogP contribution < -0.4 is 10.1 Å². The van der Waals surface area contributed by atoms with Gasteiger partial charge in [-0.15, -0.1) is 0 Å². The topological polar surface area (TPSA) is 69.3 Å². The highest BCUT2D eigenvalue weighted by Gasteiger charge is 2.16. The van der Waals surface area contributed by atoms with Crippen molar-refractivity contribution in [1.82, 2.24) is 14.9 Å². The number of hydrogen-bond donors (Lipinski definition) is 1. The van der Waals surface area contributed by atoms with Crippen LogP contribution in [0.4, 0.5) is 0 Å². The standard InChI is InChI=1S/C13H17N3O3/c1-3-10(8-16-7-6-14-9-16)15-13(17)11-4-5-12(18-2)19-11/h4-7,9-10H,3,8H2,1-2H3,(H,15,17). The SMILES string of the molecule is CCC(Cn1ccnc1)NC(=O)c1ccc(OC)o1. The van der Waals surface area contributed by atoms with E-state index in [2.05, 4.69) is 10.3 Å². The lowest BCUT2D eigenvalue weighted by molar-refractivity contribution is 0.0897. The van der Waals surface area contributed by atoms with Gasteiger partial charge in [0.15, 0.2) is 5.76 Å². The Morgan fingerprint density at radius 1 is 1.58 bits per heavy atom. The number of amides is 1. The molecule has 1 atom stereocenters. The summed E-state index contributed by atoms with van der Waals surface area (Å²) in [6, 6.07) is 3.24. The molecule has 0 saturated heterocycles. The number of carbonyl (C=O) groups excluding carboxylic acids is 1. The van der Waals surface area contributed by atoms with Gasteiger partial charge in [-0.05, 0) is 12.5 Å². The number of aromatic nitrogens is 2. The zero-order valence-electron chi connectivity index (χ0n) is 11.0. The zero-order chi connectivity index (χ0) is 13.7. The van der Waals surface area contributed by atoms with Gasteiger partial charge in [0.25, 0.3) is 11.9 Å². The minimum absolute atomic E-state index is 0.0257. The van der Waals surface area contributed by atoms with Crippen LogP contribution in [0.15, 0.2) is 35.3 Å². The third kappa shape index (κ3) is 3.37. The van der Waals surface area contributed by atoms with E-state index in [4.69, 9.17) is 9.15 Å². The smallest absolute Gasteiger partial charge is 0.287 e. The second-order valence-electron chi connectivity index (χ2n) is 4.16. The van der Waals surface area contributed by atoms with Crippen LogP contribution in [0.1, 0.15) is 23.9 Å². The Morgan fingerprint density at radius 3 is 3.00 bits per heavy atom. The molecule has 0 aliphatic rings. The number of rotatable bonds is 6. The van der Waals surface area contributed by atoms with E-state index in [0.29, 0.717) is 12.5 Å². The summed E-state index contributed by atoms with van der Waals surface area (Å²) in [5, 5.41) is 2.92. The van der Waals surface area contributed by atoms with Crippen LogP contribution in [-0.2, 0) is 6.54 Å². The summed E-state index contributed by atoms with van der Waals surface area (Å²) in [7, 11) is 1.49. The summed E-state index contributed by atoms with van der Waals surface area (Å²) in [6.07, 6.45) is 6.13. The van der Waals surface area contributed by atoms with Crippen molar-refractivity contribution >= 4 is 5.91 Å². The molecule has 1 amide bonds. The first-order chi connectivity index (χ1) is 9.22. The third-order valence-corrected chi connectivity index (χ3v) is 2.82. The van der Waals surface area contributed by atoms with E-state index in [1.54, 1.807) is 24.7 Å². The molecule has 0 aromatic carbocycles. The van der Waals surface area contributed by atoms with Gasteiger partial charge in [-0.3, -0.25) is 4.79 Å². The Hall–Kier alpha value is -2.24. The number of nitrogens with zero attached hydrogens (tertiary/aromatic N) is 2. The average molecular weight is 263 g/mol. The van der Waals surface area contributed by atoms with E-state index in [-0.39, 0.29) is 17.7 Å². The van der Waals surface area contributed by atoms with Gasteiger partial charge in [-0.2, -0.15) is 0 Å². The fraction of sp³-hybridized carbons (Fsp3) is 0.385. The molecule has 1 unspecified atom stereocenters. The molecule has 0 bridgehead atoms. The summed E-state index contributed by atoms with van der Waals surface area (Å²) < 4.78 is 12.1. The molecule has 6 nitrogen and oxygen atoms in total. The van der Waals surface area contributed by atoms with Crippen LogP contribution in [0.3, 0.4) is 0 Å². The van der Waals surface area contributed by atoms with E-state index in [1.165, 1.54) is 7.11 Å². The van der Waals surface area contributed by atoms with Crippen molar-refractivity contribution in [3.8, 4) is 5.95 Å². The molecule has 2 aromatic heterocycles. The first-order valence-corrected chi connectivity index (χ1v) is 6.13. The van der Waals surface area contributed by atoms with Gasteiger partial charge in [-0.1, -0.05) is 6.92 Å². The Kier molecular flexibility index (Phi) is 4.22. The fourth-order valence-corrected chi connectivity index (χ4v) is 1.73. The lowest BCUT2D eigenvalue weighted by Crippen LogP contribution is -2.37. The van der Waals surface area contributed by atoms with Crippen LogP contribution in [-0.4, -0.2) is 28.6 Å². The number of methoxy groups -OCH3 is 1. The molecule has 0 spiro atoms. The van der Waals surface area contributed by atoms with Crippen molar-refractivity contribution in [1.29, 1.82) is 0 Å². The Bertz CT molecular complexity index is 519. The zero-order valence-corrected chi connectivity index (χ0v) is 11.0. The molecule has 6 heteroatoms. The highest BCUT2D eigenvalue weighted by Crippen LogP contribution is 2.15. The van der Waals surface area contributed by atoms with Gasteiger partial charge in [0.05, 0.1) is 13.4 Å². The molecule has 0 aliphatic carbocycles. The van der Waals surface area contributed by atoms with Gasteiger partial charge in [-0.25, -0.2) is 4.98 Å². The molecule has 0 saturated carbocycles. The lowest BCUT2D eigenvalue weighted by atomic mass is 10.2. The van der Waals surface area contributed by atoms with Crippen LogP contribution in [0.2, 0.25) is 0 Å². The van der Waals surface area contributed by atoms with Crippen molar-refractivity contribution in [3.05, 3.63) is 36.6 Å². The molecule has 0 aliphatic heterocycles. The summed E-state index contributed by atoms with van der Waals surface area (Å²) in [6.45, 7) is 2.70. The largest absolute Gasteiger partial charge is 0.468 e. The van der Waals surface area contributed by atoms with Gasteiger partial charge in [0, 0.05) is 31.0 Å². The number of ether oxygens (including phenoxy) is 1. The van der Waals surface area contributed by atoms with Crippen LogP contribution in [0.5, 0.6) is 5.95 Å². The number of carbonyl (C=O) groups is 1. The van der Waals surface area contributed by atoms with E-state index in [0.717, 1.165) is 6.42 Å². The fourth-order valence-electron chi connectivity index (χ4n) is 1.73. The van der Waals surface area contributed by atoms with Crippen LogP contribution >= 0.6 is 0 Å². The first kappa shape index (κ1) is 13.2. The first-order valence-electron chi connectivity index (χ1n) is 6.13. The molecular formula is C13H17N3O3. The second-order valence-corrected chi connectivity index (χ2v) is 4.16. The van der Waals surface area contributed by atoms with E-state index in [1.807, 2.05) is 17.7 Å². The number of hydrogen-bond acceptors (Lipinski definition) is 4.